The molecule has 0 aliphatic carbocycles. The summed E-state index contributed by atoms with van der Waals surface area (Å²) in [5, 5.41) is 11.0. The predicted molar refractivity (Wildman–Crippen MR) is 69.6 cm³/mol. The van der Waals surface area contributed by atoms with Crippen molar-refractivity contribution in [3.63, 3.8) is 0 Å². The van der Waals surface area contributed by atoms with Crippen LogP contribution in [0.2, 0.25) is 0 Å². The van der Waals surface area contributed by atoms with E-state index in [1.54, 1.807) is 6.92 Å². The van der Waals surface area contributed by atoms with Gasteiger partial charge in [0.15, 0.2) is 0 Å². The van der Waals surface area contributed by atoms with Crippen LogP contribution in [-0.4, -0.2) is 11.1 Å². The highest BCUT2D eigenvalue weighted by Gasteiger charge is 2.18. The molecule has 0 aliphatic heterocycles. The lowest BCUT2D eigenvalue weighted by atomic mass is 10.0. The van der Waals surface area contributed by atoms with Crippen LogP contribution >= 0.6 is 11.3 Å². The minimum absolute atomic E-state index is 0.422. The maximum atomic E-state index is 11.0. The van der Waals surface area contributed by atoms with E-state index in [0.29, 0.717) is 0 Å². The summed E-state index contributed by atoms with van der Waals surface area (Å²) >= 11 is 1.52. The number of benzene rings is 1. The van der Waals surface area contributed by atoms with Crippen molar-refractivity contribution in [2.45, 2.75) is 19.3 Å². The lowest BCUT2D eigenvalue weighted by Crippen LogP contribution is -2.07. The molecule has 1 aromatic heterocycles. The summed E-state index contributed by atoms with van der Waals surface area (Å²) in [7, 11) is 0. The van der Waals surface area contributed by atoms with Crippen molar-refractivity contribution < 1.29 is 9.90 Å². The summed E-state index contributed by atoms with van der Waals surface area (Å²) < 4.78 is 0. The molecule has 0 saturated heterocycles. The van der Waals surface area contributed by atoms with Gasteiger partial charge in [0.1, 0.15) is 0 Å². The van der Waals surface area contributed by atoms with Gasteiger partial charge in [-0.25, -0.2) is 0 Å². The maximum Gasteiger partial charge on any atom is 0.311 e. The summed E-state index contributed by atoms with van der Waals surface area (Å²) in [6.45, 7) is 1.74. The normalized spacial score (nSPS) is 12.3. The van der Waals surface area contributed by atoms with E-state index in [0.717, 1.165) is 16.9 Å². The average Bonchev–Trinajstić information content (AvgIpc) is 2.77. The Bertz CT molecular complexity index is 502. The molecular weight excluding hydrogens is 232 g/mol. The molecule has 0 saturated carbocycles. The van der Waals surface area contributed by atoms with Crippen LogP contribution in [0.3, 0.4) is 0 Å². The van der Waals surface area contributed by atoms with Gasteiger partial charge in [-0.05, 0) is 35.9 Å². The van der Waals surface area contributed by atoms with Crippen molar-refractivity contribution >= 4 is 17.3 Å². The summed E-state index contributed by atoms with van der Waals surface area (Å²) in [5.74, 6) is -1.18. The van der Waals surface area contributed by atoms with E-state index >= 15 is 0 Å². The van der Waals surface area contributed by atoms with Gasteiger partial charge in [0.2, 0.25) is 0 Å². The van der Waals surface area contributed by atoms with Crippen LogP contribution < -0.4 is 0 Å². The SMILES string of the molecule is CC(C(=O)O)c1sccc1Cc1ccccc1. The Morgan fingerprint density at radius 2 is 2.00 bits per heavy atom. The fraction of sp³-hybridized carbons (Fsp3) is 0.214. The van der Waals surface area contributed by atoms with E-state index in [9.17, 15) is 4.79 Å². The van der Waals surface area contributed by atoms with Gasteiger partial charge in [0, 0.05) is 4.88 Å². The van der Waals surface area contributed by atoms with Gasteiger partial charge in [-0.2, -0.15) is 0 Å². The molecule has 88 valence electrons. The van der Waals surface area contributed by atoms with Crippen molar-refractivity contribution in [1.29, 1.82) is 0 Å². The molecule has 2 rings (SSSR count). The van der Waals surface area contributed by atoms with Gasteiger partial charge in [-0.1, -0.05) is 30.3 Å². The zero-order chi connectivity index (χ0) is 12.3. The highest BCUT2D eigenvalue weighted by atomic mass is 32.1. The van der Waals surface area contributed by atoms with Gasteiger partial charge in [0.05, 0.1) is 5.92 Å². The minimum atomic E-state index is -0.762. The highest BCUT2D eigenvalue weighted by molar-refractivity contribution is 7.10. The fourth-order valence-corrected chi connectivity index (χ4v) is 2.78. The predicted octanol–water partition coefficient (Wildman–Crippen LogP) is 3.53. The van der Waals surface area contributed by atoms with Gasteiger partial charge >= 0.3 is 5.97 Å². The quantitative estimate of drug-likeness (QED) is 0.896. The third-order valence-corrected chi connectivity index (χ3v) is 3.92. The number of thiophene rings is 1. The van der Waals surface area contributed by atoms with Crippen LogP contribution in [0.4, 0.5) is 0 Å². The van der Waals surface area contributed by atoms with Crippen molar-refractivity contribution in [2.24, 2.45) is 0 Å². The summed E-state index contributed by atoms with van der Waals surface area (Å²) in [5.41, 5.74) is 2.33. The number of hydrogen-bond donors (Lipinski definition) is 1. The third kappa shape index (κ3) is 2.74. The molecule has 0 radical (unpaired) electrons. The molecule has 2 nitrogen and oxygen atoms in total. The molecule has 0 bridgehead atoms. The van der Waals surface area contributed by atoms with E-state index in [4.69, 9.17) is 5.11 Å². The molecule has 1 atom stereocenters. The first-order valence-electron chi connectivity index (χ1n) is 5.51. The van der Waals surface area contributed by atoms with Crippen LogP contribution in [0.1, 0.15) is 28.8 Å². The lowest BCUT2D eigenvalue weighted by molar-refractivity contribution is -0.138. The number of aliphatic carboxylic acids is 1. The van der Waals surface area contributed by atoms with Gasteiger partial charge in [-0.15, -0.1) is 11.3 Å². The van der Waals surface area contributed by atoms with E-state index < -0.39 is 11.9 Å². The molecule has 0 spiro atoms. The molecule has 1 aromatic carbocycles. The van der Waals surface area contributed by atoms with E-state index in [-0.39, 0.29) is 0 Å². The van der Waals surface area contributed by atoms with E-state index in [1.807, 2.05) is 29.6 Å². The van der Waals surface area contributed by atoms with Gasteiger partial charge in [0.25, 0.3) is 0 Å². The van der Waals surface area contributed by atoms with Crippen LogP contribution in [0.25, 0.3) is 0 Å². The first-order valence-corrected chi connectivity index (χ1v) is 6.39. The number of carboxylic acids is 1. The Morgan fingerprint density at radius 3 is 2.65 bits per heavy atom. The summed E-state index contributed by atoms with van der Waals surface area (Å²) in [6, 6.07) is 12.1. The molecule has 1 N–H and O–H groups in total. The monoisotopic (exact) mass is 246 g/mol. The second kappa shape index (κ2) is 5.15. The standard InChI is InChI=1S/C14H14O2S/c1-10(14(15)16)13-12(7-8-17-13)9-11-5-3-2-4-6-11/h2-8,10H,9H2,1H3,(H,15,16). The number of carbonyl (C=O) groups is 1. The number of rotatable bonds is 4. The van der Waals surface area contributed by atoms with Crippen molar-refractivity contribution in [3.8, 4) is 0 Å². The second-order valence-corrected chi connectivity index (χ2v) is 4.98. The molecule has 2 aromatic rings. The number of carboxylic acid groups (broad SMARTS) is 1. The second-order valence-electron chi connectivity index (χ2n) is 4.03. The average molecular weight is 246 g/mol. The fourth-order valence-electron chi connectivity index (χ4n) is 1.80. The largest absolute Gasteiger partial charge is 0.481 e. The third-order valence-electron chi connectivity index (χ3n) is 2.78. The topological polar surface area (TPSA) is 37.3 Å². The number of hydrogen-bond acceptors (Lipinski definition) is 2. The first-order chi connectivity index (χ1) is 8.18. The molecule has 0 amide bonds. The molecule has 0 aliphatic rings. The Labute approximate surface area is 105 Å². The van der Waals surface area contributed by atoms with Crippen LogP contribution in [0.5, 0.6) is 0 Å². The Morgan fingerprint density at radius 1 is 1.29 bits per heavy atom. The Balaban J connectivity index is 2.23. The van der Waals surface area contributed by atoms with E-state index in [2.05, 4.69) is 12.1 Å². The zero-order valence-corrected chi connectivity index (χ0v) is 10.4. The summed E-state index contributed by atoms with van der Waals surface area (Å²) in [4.78, 5) is 12.0. The van der Waals surface area contributed by atoms with Crippen LogP contribution in [0.15, 0.2) is 41.8 Å². The smallest absolute Gasteiger partial charge is 0.311 e. The molecule has 1 unspecified atom stereocenters. The Kier molecular flexibility index (Phi) is 3.59. The van der Waals surface area contributed by atoms with Gasteiger partial charge < -0.3 is 5.11 Å². The van der Waals surface area contributed by atoms with Crippen molar-refractivity contribution in [1.82, 2.24) is 0 Å². The zero-order valence-electron chi connectivity index (χ0n) is 9.59. The molecule has 3 heteroatoms. The molecular formula is C14H14O2S. The van der Waals surface area contributed by atoms with Crippen molar-refractivity contribution in [2.75, 3.05) is 0 Å². The Hall–Kier alpha value is -1.61. The molecule has 1 heterocycles. The summed E-state index contributed by atoms with van der Waals surface area (Å²) in [6.07, 6.45) is 0.803. The van der Waals surface area contributed by atoms with Crippen LogP contribution in [0, 0.1) is 0 Å². The first kappa shape index (κ1) is 11.9. The van der Waals surface area contributed by atoms with Gasteiger partial charge in [-0.3, -0.25) is 4.79 Å². The maximum absolute atomic E-state index is 11.0. The van der Waals surface area contributed by atoms with Crippen LogP contribution in [-0.2, 0) is 11.2 Å². The van der Waals surface area contributed by atoms with E-state index in [1.165, 1.54) is 16.9 Å². The minimum Gasteiger partial charge on any atom is -0.481 e. The molecule has 0 fully saturated rings. The lowest BCUT2D eigenvalue weighted by Gasteiger charge is -2.07. The van der Waals surface area contributed by atoms with Crippen molar-refractivity contribution in [3.05, 3.63) is 57.8 Å². The molecule has 17 heavy (non-hydrogen) atoms. The highest BCUT2D eigenvalue weighted by Crippen LogP contribution is 2.28.